The number of rotatable bonds is 6. The molecule has 0 atom stereocenters. The number of hydrogen-bond donors (Lipinski definition) is 3. The smallest absolute Gasteiger partial charge is 0.340 e. The first kappa shape index (κ1) is 22.4. The van der Waals surface area contributed by atoms with Gasteiger partial charge in [-0.05, 0) is 50.2 Å². The van der Waals surface area contributed by atoms with Gasteiger partial charge >= 0.3 is 12.0 Å². The van der Waals surface area contributed by atoms with Crippen molar-refractivity contribution in [3.8, 4) is 5.75 Å². The Labute approximate surface area is 185 Å². The summed E-state index contributed by atoms with van der Waals surface area (Å²) < 4.78 is 11.4. The summed E-state index contributed by atoms with van der Waals surface area (Å²) in [7, 11) is 2.78. The second kappa shape index (κ2) is 9.69. The number of urea groups is 1. The lowest BCUT2D eigenvalue weighted by atomic mass is 10.1. The van der Waals surface area contributed by atoms with Gasteiger partial charge in [-0.2, -0.15) is 0 Å². The number of carbonyl (C=O) groups excluding carboxylic acids is 3. The van der Waals surface area contributed by atoms with Crippen molar-refractivity contribution in [2.75, 3.05) is 30.3 Å². The van der Waals surface area contributed by atoms with Gasteiger partial charge in [0, 0.05) is 11.4 Å². The SMILES string of the molecule is COC(=O)c1c(C(=O)Nc2ccc(OC)cc2)c(C)n(NC(=O)Nc2ccccc2)c1C. The van der Waals surface area contributed by atoms with E-state index in [0.29, 0.717) is 28.5 Å². The molecule has 9 heteroatoms. The van der Waals surface area contributed by atoms with Gasteiger partial charge in [-0.25, -0.2) is 15.0 Å². The zero-order valence-corrected chi connectivity index (χ0v) is 18.2. The van der Waals surface area contributed by atoms with Gasteiger partial charge in [0.1, 0.15) is 5.75 Å². The molecule has 0 spiro atoms. The zero-order chi connectivity index (χ0) is 23.3. The van der Waals surface area contributed by atoms with E-state index in [1.165, 1.54) is 11.8 Å². The third-order valence-corrected chi connectivity index (χ3v) is 4.85. The highest BCUT2D eigenvalue weighted by Crippen LogP contribution is 2.24. The van der Waals surface area contributed by atoms with Crippen LogP contribution in [0.2, 0.25) is 0 Å². The van der Waals surface area contributed by atoms with Crippen LogP contribution in [0.3, 0.4) is 0 Å². The number of esters is 1. The average Bonchev–Trinajstić information content (AvgIpc) is 3.04. The van der Waals surface area contributed by atoms with E-state index in [1.54, 1.807) is 69.5 Å². The molecule has 2 aromatic carbocycles. The molecular formula is C23H24N4O5. The molecule has 0 saturated heterocycles. The number of anilines is 2. The standard InChI is InChI=1S/C23H24N4O5/c1-14-19(21(28)24-17-10-12-18(31-3)13-11-17)20(22(29)32-4)15(2)27(14)26-23(30)25-16-8-6-5-7-9-16/h5-13H,1-4H3,(H,24,28)(H2,25,26,30). The highest BCUT2D eigenvalue weighted by Gasteiger charge is 2.29. The fourth-order valence-corrected chi connectivity index (χ4v) is 3.28. The molecule has 3 aromatic rings. The number of ether oxygens (including phenoxy) is 2. The van der Waals surface area contributed by atoms with Crippen LogP contribution in [0, 0.1) is 13.8 Å². The number of amides is 3. The minimum Gasteiger partial charge on any atom is -0.497 e. The topological polar surface area (TPSA) is 111 Å². The van der Waals surface area contributed by atoms with Gasteiger partial charge in [0.05, 0.1) is 36.7 Å². The van der Waals surface area contributed by atoms with Gasteiger partial charge in [-0.3, -0.25) is 9.47 Å². The minimum absolute atomic E-state index is 0.0658. The third kappa shape index (κ3) is 4.72. The molecule has 3 amide bonds. The highest BCUT2D eigenvalue weighted by atomic mass is 16.5. The van der Waals surface area contributed by atoms with Crippen LogP contribution < -0.4 is 20.8 Å². The van der Waals surface area contributed by atoms with Crippen LogP contribution in [0.4, 0.5) is 16.2 Å². The number of methoxy groups -OCH3 is 2. The molecule has 1 aromatic heterocycles. The molecule has 0 aliphatic carbocycles. The first-order valence-electron chi connectivity index (χ1n) is 9.74. The van der Waals surface area contributed by atoms with Crippen LogP contribution >= 0.6 is 0 Å². The lowest BCUT2D eigenvalue weighted by Crippen LogP contribution is -2.29. The molecule has 0 saturated carbocycles. The lowest BCUT2D eigenvalue weighted by molar-refractivity contribution is 0.0596. The van der Waals surface area contributed by atoms with Crippen molar-refractivity contribution in [1.82, 2.24) is 4.68 Å². The van der Waals surface area contributed by atoms with Crippen LogP contribution in [-0.2, 0) is 4.74 Å². The summed E-state index contributed by atoms with van der Waals surface area (Å²) in [4.78, 5) is 38.1. The van der Waals surface area contributed by atoms with Crippen molar-refractivity contribution in [3.05, 3.63) is 77.1 Å². The summed E-state index contributed by atoms with van der Waals surface area (Å²) in [5.41, 5.74) is 4.68. The molecule has 0 radical (unpaired) electrons. The van der Waals surface area contributed by atoms with E-state index in [9.17, 15) is 14.4 Å². The highest BCUT2D eigenvalue weighted by molar-refractivity contribution is 6.13. The Bertz CT molecular complexity index is 1140. The van der Waals surface area contributed by atoms with Gasteiger partial charge < -0.3 is 20.1 Å². The molecule has 0 fully saturated rings. The van der Waals surface area contributed by atoms with Gasteiger partial charge in [0.2, 0.25) is 0 Å². The molecule has 32 heavy (non-hydrogen) atoms. The van der Waals surface area contributed by atoms with E-state index in [2.05, 4.69) is 16.1 Å². The summed E-state index contributed by atoms with van der Waals surface area (Å²) in [5.74, 6) is -0.556. The Morgan fingerprint density at radius 3 is 1.97 bits per heavy atom. The monoisotopic (exact) mass is 436 g/mol. The van der Waals surface area contributed by atoms with Crippen molar-refractivity contribution < 1.29 is 23.9 Å². The summed E-state index contributed by atoms with van der Waals surface area (Å²) in [6.45, 7) is 3.25. The van der Waals surface area contributed by atoms with E-state index in [1.807, 2.05) is 6.07 Å². The Balaban J connectivity index is 1.91. The van der Waals surface area contributed by atoms with Gasteiger partial charge in [0.15, 0.2) is 0 Å². The first-order valence-corrected chi connectivity index (χ1v) is 9.74. The van der Waals surface area contributed by atoms with Crippen molar-refractivity contribution in [1.29, 1.82) is 0 Å². The molecule has 0 aliphatic heterocycles. The third-order valence-electron chi connectivity index (χ3n) is 4.85. The van der Waals surface area contributed by atoms with E-state index < -0.39 is 17.9 Å². The van der Waals surface area contributed by atoms with Crippen molar-refractivity contribution in [3.63, 3.8) is 0 Å². The lowest BCUT2D eigenvalue weighted by Gasteiger charge is -2.13. The van der Waals surface area contributed by atoms with Gasteiger partial charge in [-0.15, -0.1) is 0 Å². The van der Waals surface area contributed by atoms with Crippen molar-refractivity contribution in [2.45, 2.75) is 13.8 Å². The fraction of sp³-hybridized carbons (Fsp3) is 0.174. The molecule has 3 N–H and O–H groups in total. The number of nitrogens with zero attached hydrogens (tertiary/aromatic N) is 1. The number of benzene rings is 2. The quantitative estimate of drug-likeness (QED) is 0.507. The number of aromatic nitrogens is 1. The Kier molecular flexibility index (Phi) is 6.79. The second-order valence-corrected chi connectivity index (χ2v) is 6.86. The van der Waals surface area contributed by atoms with Gasteiger partial charge in [0.25, 0.3) is 5.91 Å². The predicted molar refractivity (Wildman–Crippen MR) is 121 cm³/mol. The molecule has 1 heterocycles. The van der Waals surface area contributed by atoms with E-state index in [0.717, 1.165) is 0 Å². The van der Waals surface area contributed by atoms with Crippen LogP contribution in [0.5, 0.6) is 5.75 Å². The van der Waals surface area contributed by atoms with E-state index >= 15 is 0 Å². The molecule has 166 valence electrons. The van der Waals surface area contributed by atoms with E-state index in [4.69, 9.17) is 9.47 Å². The predicted octanol–water partition coefficient (Wildman–Crippen LogP) is 3.93. The minimum atomic E-state index is -0.686. The molecule has 3 rings (SSSR count). The molecular weight excluding hydrogens is 412 g/mol. The summed E-state index contributed by atoms with van der Waals surface area (Å²) >= 11 is 0. The fourth-order valence-electron chi connectivity index (χ4n) is 3.28. The zero-order valence-electron chi connectivity index (χ0n) is 18.2. The maximum absolute atomic E-state index is 13.1. The number of para-hydroxylation sites is 1. The molecule has 0 bridgehead atoms. The average molecular weight is 436 g/mol. The molecule has 9 nitrogen and oxygen atoms in total. The molecule has 0 unspecified atom stereocenters. The Morgan fingerprint density at radius 2 is 1.38 bits per heavy atom. The Hall–Kier alpha value is -4.27. The van der Waals surface area contributed by atoms with Crippen LogP contribution in [0.1, 0.15) is 32.1 Å². The maximum Gasteiger partial charge on any atom is 0.340 e. The van der Waals surface area contributed by atoms with Crippen LogP contribution in [0.25, 0.3) is 0 Å². The summed E-state index contributed by atoms with van der Waals surface area (Å²) in [5, 5.41) is 5.46. The second-order valence-electron chi connectivity index (χ2n) is 6.86. The Morgan fingerprint density at radius 1 is 0.781 bits per heavy atom. The van der Waals surface area contributed by atoms with Crippen molar-refractivity contribution in [2.24, 2.45) is 0 Å². The van der Waals surface area contributed by atoms with Gasteiger partial charge in [-0.1, -0.05) is 18.2 Å². The van der Waals surface area contributed by atoms with Crippen LogP contribution in [-0.4, -0.2) is 36.8 Å². The number of hydrogen-bond acceptors (Lipinski definition) is 5. The van der Waals surface area contributed by atoms with E-state index in [-0.39, 0.29) is 11.1 Å². The normalized spacial score (nSPS) is 10.2. The number of nitrogens with one attached hydrogen (secondary N) is 3. The number of carbonyl (C=O) groups is 3. The largest absolute Gasteiger partial charge is 0.497 e. The summed E-state index contributed by atoms with van der Waals surface area (Å²) in [6, 6.07) is 15.1. The summed E-state index contributed by atoms with van der Waals surface area (Å²) in [6.07, 6.45) is 0. The van der Waals surface area contributed by atoms with Crippen LogP contribution in [0.15, 0.2) is 54.6 Å². The van der Waals surface area contributed by atoms with Crippen molar-refractivity contribution >= 4 is 29.3 Å². The molecule has 0 aliphatic rings. The first-order chi connectivity index (χ1) is 15.3. The maximum atomic E-state index is 13.1.